The van der Waals surface area contributed by atoms with E-state index in [0.29, 0.717) is 0 Å². The van der Waals surface area contributed by atoms with Crippen LogP contribution in [0.25, 0.3) is 0 Å². The van der Waals surface area contributed by atoms with Crippen LogP contribution in [0.3, 0.4) is 0 Å². The molecular weight excluding hydrogens is 176 g/mol. The zero-order valence-corrected chi connectivity index (χ0v) is 7.81. The fraction of sp³-hybridized carbons (Fsp3) is 0.182. The third kappa shape index (κ3) is 2.13. The van der Waals surface area contributed by atoms with Crippen molar-refractivity contribution in [2.45, 2.75) is 12.8 Å². The molecule has 0 saturated heterocycles. The Morgan fingerprint density at radius 1 is 1.14 bits per heavy atom. The van der Waals surface area contributed by atoms with E-state index in [4.69, 9.17) is 10.2 Å². The molecule has 3 nitrogen and oxygen atoms in total. The molecule has 14 heavy (non-hydrogen) atoms. The predicted octanol–water partition coefficient (Wildman–Crippen LogP) is 2.04. The van der Waals surface area contributed by atoms with Gasteiger partial charge in [0.15, 0.2) is 0 Å². The third-order valence-corrected chi connectivity index (χ3v) is 2.08. The van der Waals surface area contributed by atoms with Crippen molar-refractivity contribution in [3.63, 3.8) is 0 Å². The van der Waals surface area contributed by atoms with Gasteiger partial charge in [0.05, 0.1) is 5.69 Å². The molecule has 2 rings (SSSR count). The molecule has 2 aromatic rings. The molecule has 2 N–H and O–H groups in total. The van der Waals surface area contributed by atoms with Crippen LogP contribution in [0, 0.1) is 0 Å². The lowest BCUT2D eigenvalue weighted by Gasteiger charge is -1.96. The summed E-state index contributed by atoms with van der Waals surface area (Å²) in [5.74, 6) is 0. The second-order valence-corrected chi connectivity index (χ2v) is 3.16. The third-order valence-electron chi connectivity index (χ3n) is 2.08. The minimum absolute atomic E-state index is 0.244. The normalized spacial score (nSPS) is 10.3. The highest BCUT2D eigenvalue weighted by atomic mass is 16.4. The molecule has 0 aliphatic heterocycles. The topological polar surface area (TPSA) is 52.0 Å². The summed E-state index contributed by atoms with van der Waals surface area (Å²) in [6, 6.07) is 10.5. The van der Waals surface area contributed by atoms with Crippen molar-refractivity contribution in [2.24, 2.45) is 0 Å². The van der Waals surface area contributed by atoms with Crippen molar-refractivity contribution in [1.82, 2.24) is 4.98 Å². The first-order valence-corrected chi connectivity index (χ1v) is 4.58. The summed E-state index contributed by atoms with van der Waals surface area (Å²) in [6.45, 7) is 0. The zero-order chi connectivity index (χ0) is 9.80. The van der Waals surface area contributed by atoms with Crippen molar-refractivity contribution in [2.75, 3.05) is 5.73 Å². The Morgan fingerprint density at radius 2 is 1.93 bits per heavy atom. The summed E-state index contributed by atoms with van der Waals surface area (Å²) in [5.41, 5.74) is 7.58. The van der Waals surface area contributed by atoms with Crippen LogP contribution in [-0.4, -0.2) is 4.98 Å². The number of aromatic nitrogens is 1. The van der Waals surface area contributed by atoms with E-state index < -0.39 is 0 Å². The number of nitrogens with zero attached hydrogens (tertiary/aromatic N) is 1. The lowest BCUT2D eigenvalue weighted by atomic mass is 10.1. The first kappa shape index (κ1) is 8.81. The maximum Gasteiger partial charge on any atom is 0.292 e. The van der Waals surface area contributed by atoms with Gasteiger partial charge in [-0.1, -0.05) is 30.3 Å². The van der Waals surface area contributed by atoms with Gasteiger partial charge in [-0.2, -0.15) is 4.98 Å². The molecule has 0 bridgehead atoms. The molecule has 0 amide bonds. The van der Waals surface area contributed by atoms with Gasteiger partial charge in [0.25, 0.3) is 6.01 Å². The minimum atomic E-state index is 0.244. The number of rotatable bonds is 3. The number of benzene rings is 1. The zero-order valence-electron chi connectivity index (χ0n) is 7.81. The highest BCUT2D eigenvalue weighted by Crippen LogP contribution is 2.07. The van der Waals surface area contributed by atoms with Gasteiger partial charge in [0.1, 0.15) is 6.26 Å². The van der Waals surface area contributed by atoms with E-state index in [1.165, 1.54) is 5.56 Å². The SMILES string of the molecule is Nc1nc(CCc2ccccc2)co1. The number of hydrogen-bond donors (Lipinski definition) is 1. The quantitative estimate of drug-likeness (QED) is 0.801. The number of hydrogen-bond acceptors (Lipinski definition) is 3. The van der Waals surface area contributed by atoms with Crippen LogP contribution in [0.5, 0.6) is 0 Å². The lowest BCUT2D eigenvalue weighted by molar-refractivity contribution is 0.578. The van der Waals surface area contributed by atoms with E-state index >= 15 is 0 Å². The Hall–Kier alpha value is -1.77. The Bertz CT molecular complexity index is 395. The summed E-state index contributed by atoms with van der Waals surface area (Å²) in [4.78, 5) is 4.04. The van der Waals surface area contributed by atoms with Crippen LogP contribution in [-0.2, 0) is 12.8 Å². The Morgan fingerprint density at radius 3 is 2.57 bits per heavy atom. The van der Waals surface area contributed by atoms with Crippen LogP contribution in [0.15, 0.2) is 41.0 Å². The number of nitrogens with two attached hydrogens (primary N) is 1. The summed E-state index contributed by atoms with van der Waals surface area (Å²) < 4.78 is 4.92. The molecule has 0 spiro atoms. The van der Waals surface area contributed by atoms with Crippen molar-refractivity contribution >= 4 is 6.01 Å². The molecule has 1 aromatic carbocycles. The van der Waals surface area contributed by atoms with Gasteiger partial charge < -0.3 is 10.2 Å². The number of nitrogen functional groups attached to an aromatic ring is 1. The summed E-state index contributed by atoms with van der Waals surface area (Å²) in [5, 5.41) is 0. The van der Waals surface area contributed by atoms with Crippen molar-refractivity contribution in [3.05, 3.63) is 47.9 Å². The van der Waals surface area contributed by atoms with Gasteiger partial charge in [-0.05, 0) is 18.4 Å². The molecule has 3 heteroatoms. The Labute approximate surface area is 82.6 Å². The van der Waals surface area contributed by atoms with E-state index in [1.807, 2.05) is 18.2 Å². The first-order valence-electron chi connectivity index (χ1n) is 4.58. The summed E-state index contributed by atoms with van der Waals surface area (Å²) in [7, 11) is 0. The smallest absolute Gasteiger partial charge is 0.292 e. The maximum atomic E-state index is 5.37. The Balaban J connectivity index is 1.95. The largest absolute Gasteiger partial charge is 0.432 e. The first-order chi connectivity index (χ1) is 6.84. The second kappa shape index (κ2) is 3.96. The molecule has 0 aliphatic rings. The van der Waals surface area contributed by atoms with Gasteiger partial charge in [-0.25, -0.2) is 0 Å². The van der Waals surface area contributed by atoms with E-state index in [9.17, 15) is 0 Å². The standard InChI is InChI=1S/C11H12N2O/c12-11-13-10(8-14-11)7-6-9-4-2-1-3-5-9/h1-5,8H,6-7H2,(H2,12,13). The summed E-state index contributed by atoms with van der Waals surface area (Å²) in [6.07, 6.45) is 3.44. The maximum absolute atomic E-state index is 5.37. The predicted molar refractivity (Wildman–Crippen MR) is 54.8 cm³/mol. The van der Waals surface area contributed by atoms with E-state index in [2.05, 4.69) is 17.1 Å². The van der Waals surface area contributed by atoms with Crippen LogP contribution < -0.4 is 5.73 Å². The number of anilines is 1. The van der Waals surface area contributed by atoms with E-state index in [1.54, 1.807) is 6.26 Å². The fourth-order valence-electron chi connectivity index (χ4n) is 1.35. The van der Waals surface area contributed by atoms with Crippen molar-refractivity contribution in [3.8, 4) is 0 Å². The average Bonchev–Trinajstić information content (AvgIpc) is 2.63. The van der Waals surface area contributed by atoms with E-state index in [0.717, 1.165) is 18.5 Å². The molecule has 0 radical (unpaired) electrons. The van der Waals surface area contributed by atoms with Gasteiger partial charge >= 0.3 is 0 Å². The van der Waals surface area contributed by atoms with Crippen molar-refractivity contribution < 1.29 is 4.42 Å². The molecule has 0 aliphatic carbocycles. The minimum Gasteiger partial charge on any atom is -0.432 e. The molecular formula is C11H12N2O. The number of oxazole rings is 1. The van der Waals surface area contributed by atoms with Crippen molar-refractivity contribution in [1.29, 1.82) is 0 Å². The van der Waals surface area contributed by atoms with Gasteiger partial charge in [0, 0.05) is 0 Å². The molecule has 0 unspecified atom stereocenters. The van der Waals surface area contributed by atoms with Gasteiger partial charge in [-0.15, -0.1) is 0 Å². The van der Waals surface area contributed by atoms with E-state index in [-0.39, 0.29) is 6.01 Å². The molecule has 0 saturated carbocycles. The van der Waals surface area contributed by atoms with Crippen LogP contribution >= 0.6 is 0 Å². The Kier molecular flexibility index (Phi) is 2.49. The number of aryl methyl sites for hydroxylation is 2. The van der Waals surface area contributed by atoms with Gasteiger partial charge in [0.2, 0.25) is 0 Å². The molecule has 0 atom stereocenters. The van der Waals surface area contributed by atoms with Crippen LogP contribution in [0.1, 0.15) is 11.3 Å². The van der Waals surface area contributed by atoms with Crippen LogP contribution in [0.4, 0.5) is 6.01 Å². The lowest BCUT2D eigenvalue weighted by Crippen LogP contribution is -1.92. The molecule has 0 fully saturated rings. The molecule has 72 valence electrons. The summed E-state index contributed by atoms with van der Waals surface area (Å²) >= 11 is 0. The fourth-order valence-corrected chi connectivity index (χ4v) is 1.35. The highest BCUT2D eigenvalue weighted by Gasteiger charge is 2.00. The molecule has 1 aromatic heterocycles. The monoisotopic (exact) mass is 188 g/mol. The molecule has 1 heterocycles. The van der Waals surface area contributed by atoms with Gasteiger partial charge in [-0.3, -0.25) is 0 Å². The van der Waals surface area contributed by atoms with Crippen LogP contribution in [0.2, 0.25) is 0 Å². The average molecular weight is 188 g/mol. The highest BCUT2D eigenvalue weighted by molar-refractivity contribution is 5.17. The second-order valence-electron chi connectivity index (χ2n) is 3.16.